The molecule has 0 aliphatic carbocycles. The molecule has 0 heterocycles. The molecule has 0 bridgehead atoms. The lowest BCUT2D eigenvalue weighted by Crippen LogP contribution is -2.46. The third kappa shape index (κ3) is 7.45. The van der Waals surface area contributed by atoms with Crippen molar-refractivity contribution in [1.29, 1.82) is 0 Å². The van der Waals surface area contributed by atoms with Crippen molar-refractivity contribution in [2.45, 2.75) is 53.6 Å². The van der Waals surface area contributed by atoms with E-state index in [4.69, 9.17) is 4.74 Å². The molecule has 0 spiro atoms. The monoisotopic (exact) mass is 337 g/mol. The number of sulfone groups is 1. The van der Waals surface area contributed by atoms with Crippen molar-refractivity contribution in [2.24, 2.45) is 11.3 Å². The number of hydrogen-bond acceptors (Lipinski definition) is 5. The van der Waals surface area contributed by atoms with Crippen LogP contribution in [0.2, 0.25) is 0 Å². The van der Waals surface area contributed by atoms with Crippen molar-refractivity contribution >= 4 is 15.9 Å². The van der Waals surface area contributed by atoms with Crippen molar-refractivity contribution in [3.63, 3.8) is 0 Å². The van der Waals surface area contributed by atoms with Gasteiger partial charge in [-0.1, -0.05) is 20.8 Å². The summed E-state index contributed by atoms with van der Waals surface area (Å²) in [5, 5.41) is 12.4. The van der Waals surface area contributed by atoms with Crippen molar-refractivity contribution in [3.05, 3.63) is 0 Å². The summed E-state index contributed by atoms with van der Waals surface area (Å²) in [6.45, 7) is 10.7. The van der Waals surface area contributed by atoms with Gasteiger partial charge in [-0.25, -0.2) is 13.2 Å². The van der Waals surface area contributed by atoms with E-state index < -0.39 is 26.9 Å². The SMILES string of the molecule is CCS(=O)(=O)CCC(CO)(CNC(=O)OC(C)(C)C)C(C)C. The van der Waals surface area contributed by atoms with Gasteiger partial charge < -0.3 is 15.2 Å². The Morgan fingerprint density at radius 2 is 1.82 bits per heavy atom. The third-order valence-corrected chi connectivity index (χ3v) is 5.58. The molecule has 1 atom stereocenters. The second kappa shape index (κ2) is 8.15. The van der Waals surface area contributed by atoms with Crippen LogP contribution in [0.1, 0.15) is 48.0 Å². The van der Waals surface area contributed by atoms with Gasteiger partial charge in [0.2, 0.25) is 0 Å². The summed E-state index contributed by atoms with van der Waals surface area (Å²) in [6.07, 6.45) is -0.267. The van der Waals surface area contributed by atoms with Crippen molar-refractivity contribution in [1.82, 2.24) is 5.32 Å². The van der Waals surface area contributed by atoms with Crippen LogP contribution in [-0.4, -0.2) is 49.9 Å². The molecule has 6 nitrogen and oxygen atoms in total. The van der Waals surface area contributed by atoms with Gasteiger partial charge in [0.25, 0.3) is 0 Å². The minimum atomic E-state index is -3.12. The standard InChI is InChI=1S/C15H31NO5S/c1-7-22(19,20)9-8-15(11-17,12(2)3)10-16-13(18)21-14(4,5)6/h12,17H,7-11H2,1-6H3,(H,16,18). The van der Waals surface area contributed by atoms with Crippen LogP contribution in [0, 0.1) is 11.3 Å². The highest BCUT2D eigenvalue weighted by atomic mass is 32.2. The van der Waals surface area contributed by atoms with Crippen LogP contribution in [-0.2, 0) is 14.6 Å². The van der Waals surface area contributed by atoms with Crippen molar-refractivity contribution in [2.75, 3.05) is 24.7 Å². The van der Waals surface area contributed by atoms with Crippen LogP contribution in [0.15, 0.2) is 0 Å². The zero-order valence-electron chi connectivity index (χ0n) is 14.6. The molecule has 132 valence electrons. The molecule has 0 radical (unpaired) electrons. The Morgan fingerprint density at radius 3 is 2.18 bits per heavy atom. The average Bonchev–Trinajstić information content (AvgIpc) is 2.37. The lowest BCUT2D eigenvalue weighted by molar-refractivity contribution is 0.0385. The van der Waals surface area contributed by atoms with Crippen LogP contribution in [0.3, 0.4) is 0 Å². The van der Waals surface area contributed by atoms with Crippen LogP contribution in [0.25, 0.3) is 0 Å². The van der Waals surface area contributed by atoms with Crippen LogP contribution < -0.4 is 5.32 Å². The number of hydrogen-bond donors (Lipinski definition) is 2. The van der Waals surface area contributed by atoms with Gasteiger partial charge in [0, 0.05) is 17.7 Å². The largest absolute Gasteiger partial charge is 0.444 e. The second-order valence-electron chi connectivity index (χ2n) is 7.02. The molecule has 1 amide bonds. The molecule has 7 heteroatoms. The Labute approximate surface area is 134 Å². The molecule has 2 N–H and O–H groups in total. The number of rotatable bonds is 8. The number of carbonyl (C=O) groups is 1. The first-order chi connectivity index (χ1) is 9.87. The van der Waals surface area contributed by atoms with E-state index in [-0.39, 0.29) is 30.6 Å². The fraction of sp³-hybridized carbons (Fsp3) is 0.933. The predicted octanol–water partition coefficient (Wildman–Crippen LogP) is 1.97. The summed E-state index contributed by atoms with van der Waals surface area (Å²) >= 11 is 0. The molecule has 0 aromatic rings. The lowest BCUT2D eigenvalue weighted by atomic mass is 9.75. The molecule has 0 saturated carbocycles. The number of amides is 1. The number of alkyl carbamates (subject to hydrolysis) is 1. The van der Waals surface area contributed by atoms with E-state index in [0.29, 0.717) is 6.42 Å². The van der Waals surface area contributed by atoms with Crippen molar-refractivity contribution < 1.29 is 23.1 Å². The van der Waals surface area contributed by atoms with E-state index in [9.17, 15) is 18.3 Å². The van der Waals surface area contributed by atoms with Gasteiger partial charge in [-0.15, -0.1) is 0 Å². The third-order valence-electron chi connectivity index (χ3n) is 3.87. The number of carbonyl (C=O) groups excluding carboxylic acids is 1. The summed E-state index contributed by atoms with van der Waals surface area (Å²) in [4.78, 5) is 11.8. The minimum Gasteiger partial charge on any atom is -0.444 e. The molecule has 0 fully saturated rings. The number of nitrogens with one attached hydrogen (secondary N) is 1. The van der Waals surface area contributed by atoms with E-state index in [1.54, 1.807) is 27.7 Å². The highest BCUT2D eigenvalue weighted by molar-refractivity contribution is 7.91. The molecular formula is C15H31NO5S. The van der Waals surface area contributed by atoms with Gasteiger partial charge in [-0.05, 0) is 33.1 Å². The van der Waals surface area contributed by atoms with Gasteiger partial charge >= 0.3 is 6.09 Å². The molecule has 0 aliphatic rings. The number of aliphatic hydroxyl groups is 1. The smallest absolute Gasteiger partial charge is 0.407 e. The summed E-state index contributed by atoms with van der Waals surface area (Å²) in [5.74, 6) is 0.0872. The van der Waals surface area contributed by atoms with Crippen LogP contribution in [0.4, 0.5) is 4.79 Å². The molecule has 0 aliphatic heterocycles. The zero-order chi connectivity index (χ0) is 17.6. The maximum absolute atomic E-state index is 11.8. The van der Waals surface area contributed by atoms with Gasteiger partial charge in [0.05, 0.1) is 12.4 Å². The Bertz CT molecular complexity index is 453. The van der Waals surface area contributed by atoms with E-state index in [1.807, 2.05) is 13.8 Å². The predicted molar refractivity (Wildman–Crippen MR) is 87.5 cm³/mol. The lowest BCUT2D eigenvalue weighted by Gasteiger charge is -2.36. The quantitative estimate of drug-likeness (QED) is 0.706. The summed E-state index contributed by atoms with van der Waals surface area (Å²) in [5.41, 5.74) is -1.28. The topological polar surface area (TPSA) is 92.7 Å². The van der Waals surface area contributed by atoms with Gasteiger partial charge in [-0.2, -0.15) is 0 Å². The first kappa shape index (κ1) is 21.2. The van der Waals surface area contributed by atoms with Gasteiger partial charge in [0.1, 0.15) is 15.4 Å². The van der Waals surface area contributed by atoms with E-state index >= 15 is 0 Å². The fourth-order valence-corrected chi connectivity index (χ4v) is 2.97. The van der Waals surface area contributed by atoms with Crippen LogP contribution >= 0.6 is 0 Å². The summed E-state index contributed by atoms with van der Waals surface area (Å²) in [7, 11) is -3.12. The Balaban J connectivity index is 4.87. The Hall–Kier alpha value is -0.820. The highest BCUT2D eigenvalue weighted by Crippen LogP contribution is 2.31. The van der Waals surface area contributed by atoms with E-state index in [2.05, 4.69) is 5.32 Å². The average molecular weight is 337 g/mol. The van der Waals surface area contributed by atoms with Gasteiger partial charge in [0.15, 0.2) is 0 Å². The summed E-state index contributed by atoms with van der Waals surface area (Å²) < 4.78 is 28.6. The fourth-order valence-electron chi connectivity index (χ4n) is 1.96. The number of aliphatic hydroxyl groups excluding tert-OH is 1. The first-order valence-corrected chi connectivity index (χ1v) is 9.48. The Morgan fingerprint density at radius 1 is 1.27 bits per heavy atom. The molecule has 1 unspecified atom stereocenters. The normalized spacial score (nSPS) is 15.5. The van der Waals surface area contributed by atoms with E-state index in [1.165, 1.54) is 0 Å². The first-order valence-electron chi connectivity index (χ1n) is 7.65. The van der Waals surface area contributed by atoms with Crippen LogP contribution in [0.5, 0.6) is 0 Å². The maximum atomic E-state index is 11.8. The maximum Gasteiger partial charge on any atom is 0.407 e. The molecule has 0 aromatic heterocycles. The highest BCUT2D eigenvalue weighted by Gasteiger charge is 2.35. The molecule has 0 aromatic carbocycles. The molecule has 0 saturated heterocycles. The van der Waals surface area contributed by atoms with Crippen molar-refractivity contribution in [3.8, 4) is 0 Å². The molecular weight excluding hydrogens is 306 g/mol. The molecule has 0 rings (SSSR count). The second-order valence-corrected chi connectivity index (χ2v) is 9.49. The summed E-state index contributed by atoms with van der Waals surface area (Å²) in [6, 6.07) is 0. The number of ether oxygens (including phenoxy) is 1. The zero-order valence-corrected chi connectivity index (χ0v) is 15.4. The van der Waals surface area contributed by atoms with Gasteiger partial charge in [-0.3, -0.25) is 0 Å². The molecule has 22 heavy (non-hydrogen) atoms. The Kier molecular flexibility index (Phi) is 7.85. The minimum absolute atomic E-state index is 0.00175. The van der Waals surface area contributed by atoms with E-state index in [0.717, 1.165) is 0 Å².